The number of aromatic nitrogens is 2. The van der Waals surface area contributed by atoms with E-state index in [1.165, 1.54) is 22.6 Å². The fourth-order valence-electron chi connectivity index (χ4n) is 5.47. The number of fused-ring (bicyclic) bond motifs is 3. The average molecular weight is 367 g/mol. The maximum atomic E-state index is 12.3. The van der Waals surface area contributed by atoms with Gasteiger partial charge in [0.2, 0.25) is 0 Å². The Morgan fingerprint density at radius 1 is 1.33 bits per heavy atom. The summed E-state index contributed by atoms with van der Waals surface area (Å²) in [5.41, 5.74) is 4.97. The SMILES string of the molecule is Cc1nc2c(n1-c1cccc(CCCO)c1)CC[C@H]1[C@H](C)C(=O)CC[C@]21C. The molecule has 0 saturated heterocycles. The predicted octanol–water partition coefficient (Wildman–Crippen LogP) is 3.92. The van der Waals surface area contributed by atoms with Gasteiger partial charge in [-0.25, -0.2) is 4.98 Å². The van der Waals surface area contributed by atoms with Crippen LogP contribution in [-0.4, -0.2) is 27.0 Å². The van der Waals surface area contributed by atoms with Gasteiger partial charge >= 0.3 is 0 Å². The average Bonchev–Trinajstić information content (AvgIpc) is 3.01. The number of nitrogens with zero attached hydrogens (tertiary/aromatic N) is 2. The van der Waals surface area contributed by atoms with E-state index in [2.05, 4.69) is 49.6 Å². The zero-order valence-corrected chi connectivity index (χ0v) is 16.7. The van der Waals surface area contributed by atoms with Crippen molar-refractivity contribution in [2.24, 2.45) is 11.8 Å². The fraction of sp³-hybridized carbons (Fsp3) is 0.565. The predicted molar refractivity (Wildman–Crippen MR) is 106 cm³/mol. The van der Waals surface area contributed by atoms with Crippen LogP contribution in [0.1, 0.15) is 62.3 Å². The van der Waals surface area contributed by atoms with Crippen LogP contribution in [0.25, 0.3) is 5.69 Å². The van der Waals surface area contributed by atoms with Gasteiger partial charge in [-0.1, -0.05) is 26.0 Å². The summed E-state index contributed by atoms with van der Waals surface area (Å²) in [4.78, 5) is 17.3. The minimum atomic E-state index is 0.00538. The molecule has 1 fully saturated rings. The molecular weight excluding hydrogens is 336 g/mol. The first kappa shape index (κ1) is 18.4. The second kappa shape index (κ2) is 6.90. The maximum absolute atomic E-state index is 12.3. The summed E-state index contributed by atoms with van der Waals surface area (Å²) >= 11 is 0. The topological polar surface area (TPSA) is 55.1 Å². The number of rotatable bonds is 4. The molecular formula is C23H30N2O2. The van der Waals surface area contributed by atoms with Crippen LogP contribution in [0, 0.1) is 18.8 Å². The molecule has 144 valence electrons. The Hall–Kier alpha value is -1.94. The van der Waals surface area contributed by atoms with Crippen LogP contribution in [-0.2, 0) is 23.1 Å². The Morgan fingerprint density at radius 2 is 2.15 bits per heavy atom. The second-order valence-electron chi connectivity index (χ2n) is 8.60. The molecule has 0 unspecified atom stereocenters. The summed E-state index contributed by atoms with van der Waals surface area (Å²) in [6.45, 7) is 6.76. The highest BCUT2D eigenvalue weighted by Crippen LogP contribution is 2.51. The maximum Gasteiger partial charge on any atom is 0.136 e. The highest BCUT2D eigenvalue weighted by atomic mass is 16.2. The molecule has 1 heterocycles. The Kier molecular flexibility index (Phi) is 4.71. The lowest BCUT2D eigenvalue weighted by molar-refractivity contribution is -0.128. The van der Waals surface area contributed by atoms with Gasteiger partial charge < -0.3 is 9.67 Å². The molecule has 2 aliphatic rings. The third-order valence-corrected chi connectivity index (χ3v) is 6.99. The number of ketones is 1. The number of aliphatic hydroxyl groups excluding tert-OH is 1. The number of carbonyl (C=O) groups excluding carboxylic acids is 1. The number of carbonyl (C=O) groups is 1. The van der Waals surface area contributed by atoms with E-state index in [-0.39, 0.29) is 17.9 Å². The van der Waals surface area contributed by atoms with E-state index >= 15 is 0 Å². The van der Waals surface area contributed by atoms with Gasteiger partial charge in [0.15, 0.2) is 0 Å². The van der Waals surface area contributed by atoms with Crippen LogP contribution < -0.4 is 0 Å². The molecule has 1 N–H and O–H groups in total. The van der Waals surface area contributed by atoms with Crippen molar-refractivity contribution in [2.45, 2.75) is 64.7 Å². The van der Waals surface area contributed by atoms with Gasteiger partial charge in [-0.05, 0) is 62.6 Å². The summed E-state index contributed by atoms with van der Waals surface area (Å²) in [6.07, 6.45) is 5.31. The highest BCUT2D eigenvalue weighted by Gasteiger charge is 2.50. The number of Topliss-reactive ketones (excluding diaryl/α,β-unsaturated/α-hetero) is 1. The molecule has 0 aliphatic heterocycles. The van der Waals surface area contributed by atoms with Crippen molar-refractivity contribution in [1.29, 1.82) is 0 Å². The van der Waals surface area contributed by atoms with Crippen LogP contribution in [0.4, 0.5) is 0 Å². The lowest BCUT2D eigenvalue weighted by Crippen LogP contribution is -2.47. The first-order chi connectivity index (χ1) is 13.0. The minimum absolute atomic E-state index is 0.00538. The molecule has 2 aliphatic carbocycles. The van der Waals surface area contributed by atoms with E-state index in [0.29, 0.717) is 18.1 Å². The summed E-state index contributed by atoms with van der Waals surface area (Å²) in [5, 5.41) is 9.12. The molecule has 2 aromatic rings. The molecule has 0 spiro atoms. The van der Waals surface area contributed by atoms with Crippen molar-refractivity contribution >= 4 is 5.78 Å². The van der Waals surface area contributed by atoms with E-state index in [0.717, 1.165) is 37.9 Å². The highest BCUT2D eigenvalue weighted by molar-refractivity contribution is 5.82. The monoisotopic (exact) mass is 366 g/mol. The Labute approximate surface area is 161 Å². The number of hydrogen-bond acceptors (Lipinski definition) is 3. The molecule has 1 saturated carbocycles. The van der Waals surface area contributed by atoms with Crippen LogP contribution in [0.5, 0.6) is 0 Å². The standard InChI is InChI=1S/C23H30N2O2/c1-15-19-9-10-20-22(23(19,3)12-11-21(15)27)24-16(2)25(20)18-8-4-6-17(14-18)7-5-13-26/h4,6,8,14-15,19,26H,5,7,9-13H2,1-3H3/t15-,19-,23-/m0/s1. The summed E-state index contributed by atoms with van der Waals surface area (Å²) in [7, 11) is 0. The van der Waals surface area contributed by atoms with Gasteiger partial charge in [0.05, 0.1) is 5.69 Å². The Bertz CT molecular complexity index is 869. The molecule has 1 aromatic carbocycles. The summed E-state index contributed by atoms with van der Waals surface area (Å²) < 4.78 is 2.32. The third kappa shape index (κ3) is 2.94. The second-order valence-corrected chi connectivity index (χ2v) is 8.60. The van der Waals surface area contributed by atoms with Gasteiger partial charge in [0.25, 0.3) is 0 Å². The van der Waals surface area contributed by atoms with Gasteiger partial charge in [-0.2, -0.15) is 0 Å². The first-order valence-corrected chi connectivity index (χ1v) is 10.3. The Morgan fingerprint density at radius 3 is 2.93 bits per heavy atom. The van der Waals surface area contributed by atoms with Crippen molar-refractivity contribution in [3.8, 4) is 5.69 Å². The largest absolute Gasteiger partial charge is 0.396 e. The number of aryl methyl sites for hydroxylation is 2. The Balaban J connectivity index is 1.76. The van der Waals surface area contributed by atoms with E-state index in [4.69, 9.17) is 10.1 Å². The van der Waals surface area contributed by atoms with Crippen molar-refractivity contribution < 1.29 is 9.90 Å². The molecule has 0 radical (unpaired) electrons. The van der Waals surface area contributed by atoms with Crippen molar-refractivity contribution in [1.82, 2.24) is 9.55 Å². The van der Waals surface area contributed by atoms with Gasteiger partial charge in [-0.15, -0.1) is 0 Å². The van der Waals surface area contributed by atoms with Gasteiger partial charge in [0.1, 0.15) is 11.6 Å². The van der Waals surface area contributed by atoms with Crippen LogP contribution in [0.15, 0.2) is 24.3 Å². The molecule has 0 bridgehead atoms. The molecule has 27 heavy (non-hydrogen) atoms. The molecule has 4 rings (SSSR count). The normalized spacial score (nSPS) is 27.3. The fourth-order valence-corrected chi connectivity index (χ4v) is 5.47. The summed E-state index contributed by atoms with van der Waals surface area (Å²) in [6, 6.07) is 8.61. The number of imidazole rings is 1. The minimum Gasteiger partial charge on any atom is -0.396 e. The molecule has 3 atom stereocenters. The van der Waals surface area contributed by atoms with E-state index < -0.39 is 0 Å². The van der Waals surface area contributed by atoms with E-state index in [9.17, 15) is 4.79 Å². The first-order valence-electron chi connectivity index (χ1n) is 10.3. The van der Waals surface area contributed by atoms with Crippen molar-refractivity contribution in [2.75, 3.05) is 6.61 Å². The lowest BCUT2D eigenvalue weighted by Gasteiger charge is -2.46. The molecule has 0 amide bonds. The smallest absolute Gasteiger partial charge is 0.136 e. The summed E-state index contributed by atoms with van der Waals surface area (Å²) in [5.74, 6) is 2.01. The van der Waals surface area contributed by atoms with Crippen LogP contribution in [0.2, 0.25) is 0 Å². The molecule has 4 nitrogen and oxygen atoms in total. The van der Waals surface area contributed by atoms with Gasteiger partial charge in [-0.3, -0.25) is 4.79 Å². The zero-order valence-electron chi connectivity index (χ0n) is 16.7. The quantitative estimate of drug-likeness (QED) is 0.892. The van der Waals surface area contributed by atoms with E-state index in [1.54, 1.807) is 0 Å². The van der Waals surface area contributed by atoms with Crippen molar-refractivity contribution in [3.05, 3.63) is 47.0 Å². The van der Waals surface area contributed by atoms with Crippen molar-refractivity contribution in [3.63, 3.8) is 0 Å². The molecule has 4 heteroatoms. The van der Waals surface area contributed by atoms with E-state index in [1.807, 2.05) is 0 Å². The zero-order chi connectivity index (χ0) is 19.2. The van der Waals surface area contributed by atoms with Crippen LogP contribution in [0.3, 0.4) is 0 Å². The number of hydrogen-bond donors (Lipinski definition) is 1. The number of aliphatic hydroxyl groups is 1. The van der Waals surface area contributed by atoms with Gasteiger partial charge in [0, 0.05) is 35.7 Å². The van der Waals surface area contributed by atoms with Crippen LogP contribution >= 0.6 is 0 Å². The molecule has 1 aromatic heterocycles. The lowest BCUT2D eigenvalue weighted by atomic mass is 9.57. The third-order valence-electron chi connectivity index (χ3n) is 6.99. The number of benzene rings is 1.